The number of benzene rings is 2. The van der Waals surface area contributed by atoms with Crippen molar-refractivity contribution in [3.8, 4) is 0 Å². The van der Waals surface area contributed by atoms with Crippen molar-refractivity contribution < 1.29 is 9.53 Å². The minimum atomic E-state index is -0.118. The Balaban J connectivity index is 1.59. The van der Waals surface area contributed by atoms with Crippen LogP contribution in [0.15, 0.2) is 48.5 Å². The van der Waals surface area contributed by atoms with Crippen LogP contribution in [0.25, 0.3) is 0 Å². The van der Waals surface area contributed by atoms with Gasteiger partial charge in [-0.25, -0.2) is 0 Å². The van der Waals surface area contributed by atoms with Crippen molar-refractivity contribution in [1.82, 2.24) is 4.90 Å². The van der Waals surface area contributed by atoms with Crippen LogP contribution in [-0.2, 0) is 11.3 Å². The Morgan fingerprint density at radius 2 is 1.70 bits per heavy atom. The van der Waals surface area contributed by atoms with Crippen LogP contribution < -0.4 is 11.1 Å². The largest absolute Gasteiger partial charge is 0.399 e. The third kappa shape index (κ3) is 4.31. The zero-order valence-electron chi connectivity index (χ0n) is 13.0. The van der Waals surface area contributed by atoms with E-state index in [4.69, 9.17) is 10.5 Å². The molecule has 0 aliphatic carbocycles. The van der Waals surface area contributed by atoms with Gasteiger partial charge in [0.15, 0.2) is 0 Å². The second kappa shape index (κ2) is 7.26. The highest BCUT2D eigenvalue weighted by molar-refractivity contribution is 6.04. The van der Waals surface area contributed by atoms with Gasteiger partial charge in [-0.15, -0.1) is 0 Å². The van der Waals surface area contributed by atoms with Crippen LogP contribution >= 0.6 is 0 Å². The minimum absolute atomic E-state index is 0.118. The third-order valence-electron chi connectivity index (χ3n) is 3.89. The van der Waals surface area contributed by atoms with Crippen LogP contribution in [0, 0.1) is 0 Å². The summed E-state index contributed by atoms with van der Waals surface area (Å²) in [7, 11) is 0. The number of nitrogen functional groups attached to an aromatic ring is 1. The van der Waals surface area contributed by atoms with Gasteiger partial charge in [-0.3, -0.25) is 9.69 Å². The number of nitrogens with two attached hydrogens (primary N) is 1. The first-order chi connectivity index (χ1) is 11.2. The first kappa shape index (κ1) is 15.5. The van der Waals surface area contributed by atoms with Crippen LogP contribution in [0.1, 0.15) is 15.9 Å². The standard InChI is InChI=1S/C18H21N3O2/c19-16-5-7-17(8-6-16)20-18(22)15-3-1-14(2-4-15)13-21-9-11-23-12-10-21/h1-8H,9-13,19H2,(H,20,22). The fourth-order valence-electron chi connectivity index (χ4n) is 2.55. The number of carbonyl (C=O) groups excluding carboxylic acids is 1. The van der Waals surface area contributed by atoms with Crippen molar-refractivity contribution in [3.05, 3.63) is 59.7 Å². The average molecular weight is 311 g/mol. The Morgan fingerprint density at radius 1 is 1.04 bits per heavy atom. The van der Waals surface area contributed by atoms with Gasteiger partial charge in [-0.1, -0.05) is 12.1 Å². The fourth-order valence-corrected chi connectivity index (χ4v) is 2.55. The van der Waals surface area contributed by atoms with E-state index >= 15 is 0 Å². The first-order valence-electron chi connectivity index (χ1n) is 7.77. The topological polar surface area (TPSA) is 67.6 Å². The number of rotatable bonds is 4. The van der Waals surface area contributed by atoms with E-state index in [2.05, 4.69) is 10.2 Å². The lowest BCUT2D eigenvalue weighted by atomic mass is 10.1. The predicted molar refractivity (Wildman–Crippen MR) is 91.3 cm³/mol. The molecule has 0 bridgehead atoms. The lowest BCUT2D eigenvalue weighted by Gasteiger charge is -2.26. The quantitative estimate of drug-likeness (QED) is 0.851. The van der Waals surface area contributed by atoms with Crippen molar-refractivity contribution in [1.29, 1.82) is 0 Å². The molecule has 23 heavy (non-hydrogen) atoms. The van der Waals surface area contributed by atoms with E-state index in [9.17, 15) is 4.79 Å². The molecule has 3 rings (SSSR count). The monoisotopic (exact) mass is 311 g/mol. The van der Waals surface area contributed by atoms with Gasteiger partial charge in [0.05, 0.1) is 13.2 Å². The van der Waals surface area contributed by atoms with Crippen LogP contribution in [0.4, 0.5) is 11.4 Å². The highest BCUT2D eigenvalue weighted by atomic mass is 16.5. The summed E-state index contributed by atoms with van der Waals surface area (Å²) >= 11 is 0. The van der Waals surface area contributed by atoms with E-state index < -0.39 is 0 Å². The Hall–Kier alpha value is -2.37. The molecule has 1 aliphatic heterocycles. The maximum absolute atomic E-state index is 12.2. The molecule has 2 aromatic rings. The Kier molecular flexibility index (Phi) is 4.90. The Labute approximate surface area is 136 Å². The minimum Gasteiger partial charge on any atom is -0.399 e. The van der Waals surface area contributed by atoms with Crippen LogP contribution in [0.2, 0.25) is 0 Å². The van der Waals surface area contributed by atoms with Gasteiger partial charge in [0.25, 0.3) is 5.91 Å². The maximum Gasteiger partial charge on any atom is 0.255 e. The predicted octanol–water partition coefficient (Wildman–Crippen LogP) is 2.35. The Bertz CT molecular complexity index is 647. The van der Waals surface area contributed by atoms with Gasteiger partial charge in [0.1, 0.15) is 0 Å². The smallest absolute Gasteiger partial charge is 0.255 e. The average Bonchev–Trinajstić information content (AvgIpc) is 2.58. The number of carbonyl (C=O) groups is 1. The molecular formula is C18H21N3O2. The van der Waals surface area contributed by atoms with Crippen LogP contribution in [0.3, 0.4) is 0 Å². The molecule has 1 aliphatic rings. The van der Waals surface area contributed by atoms with Crippen LogP contribution in [-0.4, -0.2) is 37.1 Å². The molecule has 5 nitrogen and oxygen atoms in total. The van der Waals surface area contributed by atoms with E-state index in [1.54, 1.807) is 24.3 Å². The van der Waals surface area contributed by atoms with Gasteiger partial charge < -0.3 is 15.8 Å². The zero-order chi connectivity index (χ0) is 16.1. The molecule has 0 aromatic heterocycles. The summed E-state index contributed by atoms with van der Waals surface area (Å²) in [6, 6.07) is 14.9. The summed E-state index contributed by atoms with van der Waals surface area (Å²) < 4.78 is 5.35. The Morgan fingerprint density at radius 3 is 2.35 bits per heavy atom. The molecule has 1 fully saturated rings. The summed E-state index contributed by atoms with van der Waals surface area (Å²) in [5.41, 5.74) is 8.90. The van der Waals surface area contributed by atoms with Gasteiger partial charge in [0.2, 0.25) is 0 Å². The molecule has 0 radical (unpaired) electrons. The van der Waals surface area contributed by atoms with Gasteiger partial charge in [0, 0.05) is 36.6 Å². The van der Waals surface area contributed by atoms with Gasteiger partial charge in [-0.2, -0.15) is 0 Å². The number of nitrogens with one attached hydrogen (secondary N) is 1. The molecular weight excluding hydrogens is 290 g/mol. The highest BCUT2D eigenvalue weighted by Gasteiger charge is 2.11. The summed E-state index contributed by atoms with van der Waals surface area (Å²) in [4.78, 5) is 14.6. The second-order valence-corrected chi connectivity index (χ2v) is 5.66. The molecule has 1 saturated heterocycles. The first-order valence-corrected chi connectivity index (χ1v) is 7.77. The number of hydrogen-bond acceptors (Lipinski definition) is 4. The highest BCUT2D eigenvalue weighted by Crippen LogP contribution is 2.14. The summed E-state index contributed by atoms with van der Waals surface area (Å²) in [6.45, 7) is 4.39. The molecule has 0 atom stereocenters. The number of amides is 1. The molecule has 120 valence electrons. The molecule has 3 N–H and O–H groups in total. The van der Waals surface area contributed by atoms with Gasteiger partial charge >= 0.3 is 0 Å². The summed E-state index contributed by atoms with van der Waals surface area (Å²) in [6.07, 6.45) is 0. The molecule has 0 spiro atoms. The fraction of sp³-hybridized carbons (Fsp3) is 0.278. The maximum atomic E-state index is 12.2. The molecule has 1 amide bonds. The van der Waals surface area contributed by atoms with E-state index in [0.717, 1.165) is 38.5 Å². The second-order valence-electron chi connectivity index (χ2n) is 5.66. The van der Waals surface area contributed by atoms with E-state index in [1.165, 1.54) is 5.56 Å². The van der Waals surface area contributed by atoms with Gasteiger partial charge in [-0.05, 0) is 42.0 Å². The van der Waals surface area contributed by atoms with E-state index in [0.29, 0.717) is 11.3 Å². The van der Waals surface area contributed by atoms with Crippen molar-refractivity contribution in [2.75, 3.05) is 37.4 Å². The number of nitrogens with zero attached hydrogens (tertiary/aromatic N) is 1. The third-order valence-corrected chi connectivity index (χ3v) is 3.89. The van der Waals surface area contributed by atoms with Crippen molar-refractivity contribution in [3.63, 3.8) is 0 Å². The van der Waals surface area contributed by atoms with E-state index in [1.807, 2.05) is 24.3 Å². The van der Waals surface area contributed by atoms with Crippen molar-refractivity contribution in [2.24, 2.45) is 0 Å². The number of hydrogen-bond donors (Lipinski definition) is 2. The van der Waals surface area contributed by atoms with E-state index in [-0.39, 0.29) is 5.91 Å². The molecule has 0 saturated carbocycles. The van der Waals surface area contributed by atoms with Crippen molar-refractivity contribution in [2.45, 2.75) is 6.54 Å². The van der Waals surface area contributed by atoms with Crippen molar-refractivity contribution >= 4 is 17.3 Å². The number of morpholine rings is 1. The SMILES string of the molecule is Nc1ccc(NC(=O)c2ccc(CN3CCOCC3)cc2)cc1. The lowest BCUT2D eigenvalue weighted by molar-refractivity contribution is 0.0342. The zero-order valence-corrected chi connectivity index (χ0v) is 13.0. The van der Waals surface area contributed by atoms with Crippen LogP contribution in [0.5, 0.6) is 0 Å². The molecule has 0 unspecified atom stereocenters. The molecule has 2 aromatic carbocycles. The normalized spacial score (nSPS) is 15.3. The molecule has 1 heterocycles. The summed E-state index contributed by atoms with van der Waals surface area (Å²) in [5, 5.41) is 2.86. The molecule has 5 heteroatoms. The lowest BCUT2D eigenvalue weighted by Crippen LogP contribution is -2.35. The number of anilines is 2. The number of ether oxygens (including phenoxy) is 1. The summed E-state index contributed by atoms with van der Waals surface area (Å²) in [5.74, 6) is -0.118.